The van der Waals surface area contributed by atoms with Crippen LogP contribution in [0.15, 0.2) is 23.1 Å². The number of sulfone groups is 1. The van der Waals surface area contributed by atoms with Crippen molar-refractivity contribution in [1.82, 2.24) is 9.97 Å². The smallest absolute Gasteiger partial charge is 0.175 e. The zero-order valence-electron chi connectivity index (χ0n) is 9.52. The van der Waals surface area contributed by atoms with E-state index in [9.17, 15) is 8.42 Å². The van der Waals surface area contributed by atoms with Gasteiger partial charge in [0.15, 0.2) is 9.84 Å². The Morgan fingerprint density at radius 3 is 2.71 bits per heavy atom. The van der Waals surface area contributed by atoms with Gasteiger partial charge in [0.1, 0.15) is 10.5 Å². The largest absolute Gasteiger partial charge is 0.343 e. The van der Waals surface area contributed by atoms with Crippen LogP contribution in [-0.4, -0.2) is 24.6 Å². The number of nitrogens with one attached hydrogen (secondary N) is 1. The lowest BCUT2D eigenvalue weighted by atomic mass is 10.2. The Bertz CT molecular complexity index is 733. The average molecular weight is 268 g/mol. The highest BCUT2D eigenvalue weighted by Gasteiger charge is 2.09. The Morgan fingerprint density at radius 2 is 2.12 bits per heavy atom. The molecule has 1 N–H and O–H groups in total. The van der Waals surface area contributed by atoms with E-state index >= 15 is 0 Å². The van der Waals surface area contributed by atoms with Crippen LogP contribution in [0.4, 0.5) is 0 Å². The topological polar surface area (TPSA) is 62.8 Å². The molecule has 1 aromatic carbocycles. The van der Waals surface area contributed by atoms with Gasteiger partial charge >= 0.3 is 0 Å². The van der Waals surface area contributed by atoms with Crippen molar-refractivity contribution in [1.29, 1.82) is 0 Å². The lowest BCUT2D eigenvalue weighted by molar-refractivity contribution is 0.602. The minimum Gasteiger partial charge on any atom is -0.343 e. The number of hydrogen-bond donors (Lipinski definition) is 1. The van der Waals surface area contributed by atoms with Gasteiger partial charge in [-0.2, -0.15) is 0 Å². The molecule has 0 aliphatic heterocycles. The van der Waals surface area contributed by atoms with Crippen LogP contribution in [-0.2, 0) is 16.3 Å². The van der Waals surface area contributed by atoms with Gasteiger partial charge in [0.2, 0.25) is 0 Å². The third-order valence-electron chi connectivity index (χ3n) is 2.50. The molecule has 0 aliphatic rings. The summed E-state index contributed by atoms with van der Waals surface area (Å²) in [5.41, 5.74) is 0.814. The fourth-order valence-corrected chi connectivity index (χ4v) is 2.50. The molecule has 2 aromatic rings. The summed E-state index contributed by atoms with van der Waals surface area (Å²) in [6.07, 6.45) is 1.93. The van der Waals surface area contributed by atoms with Crippen LogP contribution in [0.1, 0.15) is 12.7 Å². The van der Waals surface area contributed by atoms with E-state index in [-0.39, 0.29) is 4.90 Å². The minimum absolute atomic E-state index is 0.260. The maximum Gasteiger partial charge on any atom is 0.175 e. The van der Waals surface area contributed by atoms with Crippen LogP contribution in [0.3, 0.4) is 0 Å². The summed E-state index contributed by atoms with van der Waals surface area (Å²) in [5.74, 6) is 0.801. The lowest BCUT2D eigenvalue weighted by Gasteiger charge is -2.04. The first-order valence-corrected chi connectivity index (χ1v) is 7.45. The van der Waals surface area contributed by atoms with E-state index in [0.29, 0.717) is 10.0 Å². The van der Waals surface area contributed by atoms with E-state index in [2.05, 4.69) is 9.97 Å². The van der Waals surface area contributed by atoms with E-state index in [0.717, 1.165) is 17.8 Å². The number of aromatic amines is 1. The molecule has 1 heterocycles. The summed E-state index contributed by atoms with van der Waals surface area (Å²) in [6, 6.07) is 4.86. The molecule has 0 spiro atoms. The lowest BCUT2D eigenvalue weighted by Crippen LogP contribution is -1.99. The molecule has 90 valence electrons. The summed E-state index contributed by atoms with van der Waals surface area (Å²) in [5, 5.41) is 0.667. The molecule has 2 rings (SSSR count). The van der Waals surface area contributed by atoms with Gasteiger partial charge in [-0.05, 0) is 18.2 Å². The third-order valence-corrected chi connectivity index (χ3v) is 3.92. The van der Waals surface area contributed by atoms with Crippen LogP contribution >= 0.6 is 12.2 Å². The fraction of sp³-hybridized carbons (Fsp3) is 0.273. The predicted octanol–water partition coefficient (Wildman–Crippen LogP) is 2.26. The van der Waals surface area contributed by atoms with Gasteiger partial charge in [-0.1, -0.05) is 19.1 Å². The van der Waals surface area contributed by atoms with Crippen molar-refractivity contribution in [2.75, 3.05) is 6.26 Å². The molecule has 6 heteroatoms. The zero-order valence-corrected chi connectivity index (χ0v) is 11.2. The molecular formula is C11H12N2O2S2. The highest BCUT2D eigenvalue weighted by Crippen LogP contribution is 2.18. The van der Waals surface area contributed by atoms with E-state index in [1.807, 2.05) is 6.92 Å². The van der Waals surface area contributed by atoms with Gasteiger partial charge in [-0.25, -0.2) is 13.4 Å². The second-order valence-corrected chi connectivity index (χ2v) is 6.22. The van der Waals surface area contributed by atoms with E-state index in [1.165, 1.54) is 6.26 Å². The molecule has 0 aliphatic carbocycles. The number of hydrogen-bond acceptors (Lipinski definition) is 4. The molecule has 0 bridgehead atoms. The van der Waals surface area contributed by atoms with Crippen LogP contribution in [0.5, 0.6) is 0 Å². The van der Waals surface area contributed by atoms with Crippen molar-refractivity contribution in [2.45, 2.75) is 18.2 Å². The Kier molecular flexibility index (Phi) is 3.01. The van der Waals surface area contributed by atoms with Crippen molar-refractivity contribution in [2.24, 2.45) is 0 Å². The van der Waals surface area contributed by atoms with E-state index in [4.69, 9.17) is 12.2 Å². The van der Waals surface area contributed by atoms with Crippen molar-refractivity contribution in [3.8, 4) is 0 Å². The van der Waals surface area contributed by atoms with Gasteiger partial charge < -0.3 is 4.98 Å². The van der Waals surface area contributed by atoms with Crippen molar-refractivity contribution >= 4 is 33.0 Å². The van der Waals surface area contributed by atoms with Gasteiger partial charge in [0, 0.05) is 23.6 Å². The third kappa shape index (κ3) is 2.37. The summed E-state index contributed by atoms with van der Waals surface area (Å²) in [6.45, 7) is 1.98. The SMILES string of the molecule is CCc1nc(=S)c2cc(S(C)(=O)=O)ccc2[nH]1. The van der Waals surface area contributed by atoms with Crippen LogP contribution in [0.2, 0.25) is 0 Å². The second-order valence-electron chi connectivity index (χ2n) is 3.82. The van der Waals surface area contributed by atoms with Crippen LogP contribution in [0, 0.1) is 4.64 Å². The van der Waals surface area contributed by atoms with Crippen LogP contribution < -0.4 is 0 Å². The van der Waals surface area contributed by atoms with Crippen LogP contribution in [0.25, 0.3) is 10.9 Å². The second kappa shape index (κ2) is 4.19. The van der Waals surface area contributed by atoms with Crippen molar-refractivity contribution < 1.29 is 8.42 Å². The molecule has 0 saturated carbocycles. The average Bonchev–Trinajstić information content (AvgIpc) is 2.27. The molecule has 4 nitrogen and oxygen atoms in total. The monoisotopic (exact) mass is 268 g/mol. The maximum absolute atomic E-state index is 11.4. The summed E-state index contributed by atoms with van der Waals surface area (Å²) in [4.78, 5) is 7.59. The Morgan fingerprint density at radius 1 is 1.41 bits per heavy atom. The summed E-state index contributed by atoms with van der Waals surface area (Å²) in [7, 11) is -3.21. The quantitative estimate of drug-likeness (QED) is 0.849. The van der Waals surface area contributed by atoms with Crippen molar-refractivity contribution in [3.05, 3.63) is 28.7 Å². The first-order valence-electron chi connectivity index (χ1n) is 5.15. The number of H-pyrrole nitrogens is 1. The first-order chi connectivity index (χ1) is 7.91. The highest BCUT2D eigenvalue weighted by molar-refractivity contribution is 7.90. The molecule has 17 heavy (non-hydrogen) atoms. The fourth-order valence-electron chi connectivity index (χ4n) is 1.57. The molecule has 1 aromatic heterocycles. The molecular weight excluding hydrogens is 256 g/mol. The first kappa shape index (κ1) is 12.2. The zero-order chi connectivity index (χ0) is 12.6. The standard InChI is InChI=1S/C11H12N2O2S2/c1-3-10-12-9-5-4-7(17(2,14)15)6-8(9)11(16)13-10/h4-6H,3H2,1-2H3,(H,12,13,16). The maximum atomic E-state index is 11.4. The number of aryl methyl sites for hydroxylation is 1. The molecule has 0 atom stereocenters. The van der Waals surface area contributed by atoms with Gasteiger partial charge in [-0.15, -0.1) is 0 Å². The summed E-state index contributed by atoms with van der Waals surface area (Å²) >= 11 is 5.16. The van der Waals surface area contributed by atoms with Gasteiger partial charge in [0.05, 0.1) is 4.90 Å². The predicted molar refractivity (Wildman–Crippen MR) is 69.4 cm³/mol. The van der Waals surface area contributed by atoms with Gasteiger partial charge in [-0.3, -0.25) is 0 Å². The number of nitrogens with zero attached hydrogens (tertiary/aromatic N) is 1. The molecule has 0 saturated heterocycles. The van der Waals surface area contributed by atoms with E-state index < -0.39 is 9.84 Å². The number of benzene rings is 1. The van der Waals surface area contributed by atoms with E-state index in [1.54, 1.807) is 18.2 Å². The Labute approximate surface area is 105 Å². The normalized spacial score (nSPS) is 11.9. The Hall–Kier alpha value is -1.27. The van der Waals surface area contributed by atoms with Gasteiger partial charge in [0.25, 0.3) is 0 Å². The molecule has 0 amide bonds. The number of rotatable bonds is 2. The molecule has 0 fully saturated rings. The van der Waals surface area contributed by atoms with Crippen molar-refractivity contribution in [3.63, 3.8) is 0 Å². The highest BCUT2D eigenvalue weighted by atomic mass is 32.2. The number of fused-ring (bicyclic) bond motifs is 1. The Balaban J connectivity index is 2.80. The number of aromatic nitrogens is 2. The summed E-state index contributed by atoms with van der Waals surface area (Å²) < 4.78 is 23.3. The molecule has 0 radical (unpaired) electrons. The minimum atomic E-state index is -3.21. The molecule has 0 unspecified atom stereocenters.